The van der Waals surface area contributed by atoms with Gasteiger partial charge >= 0.3 is 0 Å². The summed E-state index contributed by atoms with van der Waals surface area (Å²) in [6.45, 7) is 0. The van der Waals surface area contributed by atoms with Crippen molar-refractivity contribution in [1.82, 2.24) is 0 Å². The number of thiocyanates is 1. The lowest BCUT2D eigenvalue weighted by atomic mass is 10.2. The first-order chi connectivity index (χ1) is 6.14. The molecule has 0 spiro atoms. The molecule has 0 unspecified atom stereocenters. The minimum Gasteiger partial charge on any atom is -0.213 e. The fraction of sp³-hybridized carbons (Fsp3) is 0.222. The van der Waals surface area contributed by atoms with Crippen LogP contribution >= 0.6 is 0 Å². The standard InChI is InChI=1S/C9H9NO2S/c10-8-13(11,12)7-6-9-4-2-1-3-5-9/h1-5H,6-7H2. The SMILES string of the molecule is N#CS(=O)(=O)CCc1ccccc1. The lowest BCUT2D eigenvalue weighted by Gasteiger charge is -1.96. The highest BCUT2D eigenvalue weighted by Gasteiger charge is 2.07. The zero-order valence-corrected chi connectivity index (χ0v) is 7.79. The Hall–Kier alpha value is -1.34. The molecule has 0 aliphatic heterocycles. The predicted octanol–water partition coefficient (Wildman–Crippen LogP) is 1.12. The van der Waals surface area contributed by atoms with Crippen LogP contribution in [0.5, 0.6) is 0 Å². The first-order valence-electron chi connectivity index (χ1n) is 3.81. The lowest BCUT2D eigenvalue weighted by Crippen LogP contribution is -2.05. The Morgan fingerprint density at radius 3 is 2.38 bits per heavy atom. The summed E-state index contributed by atoms with van der Waals surface area (Å²) in [7, 11) is -3.51. The summed E-state index contributed by atoms with van der Waals surface area (Å²) in [6, 6.07) is 9.23. The summed E-state index contributed by atoms with van der Waals surface area (Å²) in [5.41, 5.74) is 0.932. The molecule has 13 heavy (non-hydrogen) atoms. The van der Waals surface area contributed by atoms with Crippen LogP contribution < -0.4 is 0 Å². The highest BCUT2D eigenvalue weighted by Crippen LogP contribution is 2.01. The zero-order valence-electron chi connectivity index (χ0n) is 6.97. The van der Waals surface area contributed by atoms with Crippen molar-refractivity contribution >= 4 is 9.84 Å². The van der Waals surface area contributed by atoms with E-state index >= 15 is 0 Å². The van der Waals surface area contributed by atoms with Gasteiger partial charge in [0.1, 0.15) is 0 Å². The summed E-state index contributed by atoms with van der Waals surface area (Å²) in [5.74, 6) is -0.104. The molecule has 1 aromatic rings. The van der Waals surface area contributed by atoms with Gasteiger partial charge in [0.05, 0.1) is 5.75 Å². The van der Waals surface area contributed by atoms with Crippen molar-refractivity contribution < 1.29 is 8.42 Å². The highest BCUT2D eigenvalue weighted by molar-refractivity contribution is 7.95. The van der Waals surface area contributed by atoms with Crippen LogP contribution in [0.3, 0.4) is 0 Å². The Balaban J connectivity index is 2.60. The molecule has 0 aliphatic carbocycles. The first-order valence-corrected chi connectivity index (χ1v) is 5.47. The summed E-state index contributed by atoms with van der Waals surface area (Å²) < 4.78 is 21.6. The molecule has 0 saturated heterocycles. The van der Waals surface area contributed by atoms with E-state index in [1.165, 1.54) is 5.40 Å². The maximum absolute atomic E-state index is 10.8. The van der Waals surface area contributed by atoms with Gasteiger partial charge in [0.15, 0.2) is 5.40 Å². The van der Waals surface area contributed by atoms with Crippen LogP contribution in [0.1, 0.15) is 5.56 Å². The molecule has 0 amide bonds. The van der Waals surface area contributed by atoms with E-state index in [9.17, 15) is 8.42 Å². The molecule has 0 aliphatic rings. The van der Waals surface area contributed by atoms with E-state index < -0.39 is 9.84 Å². The number of nitriles is 1. The third-order valence-electron chi connectivity index (χ3n) is 1.64. The molecule has 0 atom stereocenters. The monoisotopic (exact) mass is 195 g/mol. The Bertz CT molecular complexity index is 403. The molecule has 0 N–H and O–H groups in total. The Morgan fingerprint density at radius 1 is 1.23 bits per heavy atom. The van der Waals surface area contributed by atoms with Gasteiger partial charge < -0.3 is 0 Å². The second kappa shape index (κ2) is 4.06. The van der Waals surface area contributed by atoms with Crippen molar-refractivity contribution in [2.45, 2.75) is 6.42 Å². The third kappa shape index (κ3) is 3.26. The highest BCUT2D eigenvalue weighted by atomic mass is 32.2. The first kappa shape index (κ1) is 9.75. The van der Waals surface area contributed by atoms with Gasteiger partial charge in [-0.1, -0.05) is 30.3 Å². The normalized spacial score (nSPS) is 10.7. The third-order valence-corrected chi connectivity index (χ3v) is 2.66. The molecular weight excluding hydrogens is 186 g/mol. The largest absolute Gasteiger partial charge is 0.241 e. The van der Waals surface area contributed by atoms with Crippen molar-refractivity contribution in [3.63, 3.8) is 0 Å². The number of rotatable bonds is 3. The van der Waals surface area contributed by atoms with E-state index in [0.717, 1.165) is 5.56 Å². The molecule has 0 aromatic heterocycles. The van der Waals surface area contributed by atoms with Crippen LogP contribution in [-0.4, -0.2) is 14.2 Å². The van der Waals surface area contributed by atoms with Crippen LogP contribution in [0.4, 0.5) is 0 Å². The van der Waals surface area contributed by atoms with Crippen molar-refractivity contribution in [1.29, 1.82) is 5.26 Å². The van der Waals surface area contributed by atoms with E-state index in [1.54, 1.807) is 0 Å². The van der Waals surface area contributed by atoms with Crippen molar-refractivity contribution in [2.24, 2.45) is 0 Å². The van der Waals surface area contributed by atoms with E-state index in [0.29, 0.717) is 6.42 Å². The Kier molecular flexibility index (Phi) is 3.04. The van der Waals surface area contributed by atoms with Gasteiger partial charge in [-0.05, 0) is 12.0 Å². The number of aryl methyl sites for hydroxylation is 1. The Labute approximate surface area is 77.5 Å². The van der Waals surface area contributed by atoms with Gasteiger partial charge in [0.25, 0.3) is 0 Å². The van der Waals surface area contributed by atoms with Crippen LogP contribution in [0.25, 0.3) is 0 Å². The molecule has 1 aromatic carbocycles. The summed E-state index contributed by atoms with van der Waals surface area (Å²) >= 11 is 0. The van der Waals surface area contributed by atoms with E-state index in [1.807, 2.05) is 30.3 Å². The number of sulfone groups is 1. The molecule has 4 heteroatoms. The van der Waals surface area contributed by atoms with Crippen LogP contribution in [0.15, 0.2) is 30.3 Å². The van der Waals surface area contributed by atoms with Gasteiger partial charge in [-0.25, -0.2) is 8.42 Å². The van der Waals surface area contributed by atoms with Crippen molar-refractivity contribution in [3.8, 4) is 5.40 Å². The van der Waals surface area contributed by atoms with Gasteiger partial charge in [-0.2, -0.15) is 5.26 Å². The molecule has 3 nitrogen and oxygen atoms in total. The second-order valence-corrected chi connectivity index (χ2v) is 4.47. The maximum Gasteiger partial charge on any atom is 0.241 e. The second-order valence-electron chi connectivity index (χ2n) is 2.65. The molecule has 0 saturated carbocycles. The number of nitrogens with zero attached hydrogens (tertiary/aromatic N) is 1. The quantitative estimate of drug-likeness (QED) is 0.536. The van der Waals surface area contributed by atoms with Gasteiger partial charge in [-0.15, -0.1) is 0 Å². The molecule has 1 rings (SSSR count). The molecule has 0 heterocycles. The molecule has 0 bridgehead atoms. The minimum atomic E-state index is -3.51. The Morgan fingerprint density at radius 2 is 1.85 bits per heavy atom. The van der Waals surface area contributed by atoms with E-state index in [2.05, 4.69) is 0 Å². The van der Waals surface area contributed by atoms with Crippen LogP contribution in [0.2, 0.25) is 0 Å². The van der Waals surface area contributed by atoms with Gasteiger partial charge in [0, 0.05) is 0 Å². The average molecular weight is 195 g/mol. The zero-order chi connectivity index (χ0) is 9.73. The van der Waals surface area contributed by atoms with Crippen LogP contribution in [0, 0.1) is 10.7 Å². The van der Waals surface area contributed by atoms with E-state index in [-0.39, 0.29) is 5.75 Å². The van der Waals surface area contributed by atoms with Crippen molar-refractivity contribution in [2.75, 3.05) is 5.75 Å². The van der Waals surface area contributed by atoms with E-state index in [4.69, 9.17) is 5.26 Å². The maximum atomic E-state index is 10.8. The molecular formula is C9H9NO2S. The number of hydrogen-bond donors (Lipinski definition) is 0. The van der Waals surface area contributed by atoms with Gasteiger partial charge in [0.2, 0.25) is 9.84 Å². The topological polar surface area (TPSA) is 57.9 Å². The number of benzene rings is 1. The van der Waals surface area contributed by atoms with Crippen molar-refractivity contribution in [3.05, 3.63) is 35.9 Å². The van der Waals surface area contributed by atoms with Gasteiger partial charge in [-0.3, -0.25) is 0 Å². The summed E-state index contributed by atoms with van der Waals surface area (Å²) in [6.07, 6.45) is 0.400. The molecule has 68 valence electrons. The van der Waals surface area contributed by atoms with Crippen LogP contribution in [-0.2, 0) is 16.3 Å². The smallest absolute Gasteiger partial charge is 0.213 e. The molecule has 0 fully saturated rings. The number of hydrogen-bond acceptors (Lipinski definition) is 3. The fourth-order valence-electron chi connectivity index (χ4n) is 0.943. The lowest BCUT2D eigenvalue weighted by molar-refractivity contribution is 0.605. The summed E-state index contributed by atoms with van der Waals surface area (Å²) in [4.78, 5) is 0. The average Bonchev–Trinajstić information content (AvgIpc) is 2.17. The predicted molar refractivity (Wildman–Crippen MR) is 49.5 cm³/mol. The minimum absolute atomic E-state index is 0.104. The fourth-order valence-corrected chi connectivity index (χ4v) is 1.54. The summed E-state index contributed by atoms with van der Waals surface area (Å²) in [5, 5.41) is 9.52. The molecule has 0 radical (unpaired) electrons.